The van der Waals surface area contributed by atoms with Gasteiger partial charge in [-0.3, -0.25) is 0 Å². The molecule has 3 nitrogen and oxygen atoms in total. The Balaban J connectivity index is 2.41. The third kappa shape index (κ3) is 3.80. The maximum absolute atomic E-state index is 14.0. The highest BCUT2D eigenvalue weighted by atomic mass is 19.1. The number of hydrogen-bond donors (Lipinski definition) is 1. The molecular formula is C16H21F2N3. The molecule has 0 aliphatic heterocycles. The second kappa shape index (κ2) is 6.70. The molecule has 114 valence electrons. The summed E-state index contributed by atoms with van der Waals surface area (Å²) in [6.45, 7) is 7.05. The number of aromatic nitrogens is 2. The van der Waals surface area contributed by atoms with E-state index >= 15 is 0 Å². The Morgan fingerprint density at radius 2 is 2.00 bits per heavy atom. The lowest BCUT2D eigenvalue weighted by molar-refractivity contribution is 0.572. The van der Waals surface area contributed by atoms with Gasteiger partial charge in [-0.2, -0.15) is 5.10 Å². The van der Waals surface area contributed by atoms with Gasteiger partial charge in [0, 0.05) is 18.7 Å². The summed E-state index contributed by atoms with van der Waals surface area (Å²) in [5.41, 5.74) is 1.15. The number of hydrogen-bond acceptors (Lipinski definition) is 2. The van der Waals surface area contributed by atoms with Crippen LogP contribution in [0.25, 0.3) is 5.69 Å². The Bertz CT molecular complexity index is 606. The molecule has 1 N–H and O–H groups in total. The summed E-state index contributed by atoms with van der Waals surface area (Å²) in [7, 11) is 0. The van der Waals surface area contributed by atoms with Gasteiger partial charge in [-0.15, -0.1) is 0 Å². The van der Waals surface area contributed by atoms with E-state index in [1.54, 1.807) is 0 Å². The van der Waals surface area contributed by atoms with Crippen molar-refractivity contribution < 1.29 is 8.78 Å². The second-order valence-electron chi connectivity index (χ2n) is 5.55. The SMILES string of the molecule is CCCNc1cc(CC(C)C)nn1-c1ccc(F)cc1F. The molecule has 0 radical (unpaired) electrons. The highest BCUT2D eigenvalue weighted by Gasteiger charge is 2.14. The molecule has 1 aromatic heterocycles. The van der Waals surface area contributed by atoms with Crippen LogP contribution in [-0.4, -0.2) is 16.3 Å². The molecule has 0 spiro atoms. The van der Waals surface area contributed by atoms with Crippen molar-refractivity contribution >= 4 is 5.82 Å². The fourth-order valence-electron chi connectivity index (χ4n) is 2.16. The maximum Gasteiger partial charge on any atom is 0.151 e. The standard InChI is InChI=1S/C16H21F2N3/c1-4-7-19-16-10-13(8-11(2)3)20-21(16)15-6-5-12(17)9-14(15)18/h5-6,9-11,19H,4,7-8H2,1-3H3. The Labute approximate surface area is 124 Å². The van der Waals surface area contributed by atoms with Crippen molar-refractivity contribution in [2.75, 3.05) is 11.9 Å². The molecule has 0 saturated heterocycles. The molecule has 0 fully saturated rings. The molecule has 1 aromatic carbocycles. The Morgan fingerprint density at radius 3 is 2.62 bits per heavy atom. The van der Waals surface area contributed by atoms with E-state index in [-0.39, 0.29) is 5.69 Å². The predicted molar refractivity (Wildman–Crippen MR) is 80.8 cm³/mol. The van der Waals surface area contributed by atoms with Crippen LogP contribution >= 0.6 is 0 Å². The van der Waals surface area contributed by atoms with Gasteiger partial charge in [0.25, 0.3) is 0 Å². The van der Waals surface area contributed by atoms with E-state index < -0.39 is 11.6 Å². The van der Waals surface area contributed by atoms with Crippen molar-refractivity contribution in [2.45, 2.75) is 33.6 Å². The van der Waals surface area contributed by atoms with E-state index in [0.717, 1.165) is 37.0 Å². The average molecular weight is 293 g/mol. The first-order valence-corrected chi connectivity index (χ1v) is 7.29. The molecule has 1 heterocycles. The van der Waals surface area contributed by atoms with Gasteiger partial charge in [0.2, 0.25) is 0 Å². The smallest absolute Gasteiger partial charge is 0.151 e. The van der Waals surface area contributed by atoms with Gasteiger partial charge in [-0.25, -0.2) is 13.5 Å². The first kappa shape index (κ1) is 15.5. The van der Waals surface area contributed by atoms with Gasteiger partial charge in [-0.05, 0) is 30.9 Å². The van der Waals surface area contributed by atoms with Gasteiger partial charge in [0.05, 0.1) is 5.69 Å². The van der Waals surface area contributed by atoms with E-state index in [0.29, 0.717) is 5.92 Å². The second-order valence-corrected chi connectivity index (χ2v) is 5.55. The van der Waals surface area contributed by atoms with Crippen molar-refractivity contribution in [3.8, 4) is 5.69 Å². The van der Waals surface area contributed by atoms with E-state index in [1.807, 2.05) is 6.07 Å². The zero-order valence-corrected chi connectivity index (χ0v) is 12.7. The minimum absolute atomic E-state index is 0.255. The molecule has 2 rings (SSSR count). The van der Waals surface area contributed by atoms with Crippen LogP contribution in [-0.2, 0) is 6.42 Å². The normalized spacial score (nSPS) is 11.1. The molecule has 0 atom stereocenters. The number of nitrogens with one attached hydrogen (secondary N) is 1. The molecule has 0 unspecified atom stereocenters. The fraction of sp³-hybridized carbons (Fsp3) is 0.438. The molecule has 21 heavy (non-hydrogen) atoms. The van der Waals surface area contributed by atoms with Gasteiger partial charge in [0.1, 0.15) is 17.3 Å². The minimum Gasteiger partial charge on any atom is -0.370 e. The summed E-state index contributed by atoms with van der Waals surface area (Å²) in [4.78, 5) is 0. The van der Waals surface area contributed by atoms with Crippen molar-refractivity contribution in [1.82, 2.24) is 9.78 Å². The zero-order chi connectivity index (χ0) is 15.4. The van der Waals surface area contributed by atoms with Crippen molar-refractivity contribution in [3.63, 3.8) is 0 Å². The van der Waals surface area contributed by atoms with Crippen LogP contribution in [0.3, 0.4) is 0 Å². The lowest BCUT2D eigenvalue weighted by atomic mass is 10.1. The minimum atomic E-state index is -0.617. The molecular weight excluding hydrogens is 272 g/mol. The van der Waals surface area contributed by atoms with Gasteiger partial charge in [-0.1, -0.05) is 20.8 Å². The quantitative estimate of drug-likeness (QED) is 0.866. The van der Waals surface area contributed by atoms with Crippen LogP contribution < -0.4 is 5.32 Å². The zero-order valence-electron chi connectivity index (χ0n) is 12.7. The Kier molecular flexibility index (Phi) is 4.94. The molecule has 5 heteroatoms. The third-order valence-electron chi connectivity index (χ3n) is 3.07. The lowest BCUT2D eigenvalue weighted by Crippen LogP contribution is -2.08. The Morgan fingerprint density at radius 1 is 1.24 bits per heavy atom. The topological polar surface area (TPSA) is 29.9 Å². The largest absolute Gasteiger partial charge is 0.370 e. The predicted octanol–water partition coefficient (Wildman–Crippen LogP) is 4.17. The first-order chi connectivity index (χ1) is 10.0. The summed E-state index contributed by atoms with van der Waals surface area (Å²) < 4.78 is 28.6. The maximum atomic E-state index is 14.0. The van der Waals surface area contributed by atoms with Crippen LogP contribution in [0.5, 0.6) is 0 Å². The van der Waals surface area contributed by atoms with Crippen molar-refractivity contribution in [2.24, 2.45) is 5.92 Å². The summed E-state index contributed by atoms with van der Waals surface area (Å²) in [5, 5.41) is 7.69. The van der Waals surface area contributed by atoms with Crippen LogP contribution in [0.4, 0.5) is 14.6 Å². The molecule has 0 aliphatic carbocycles. The van der Waals surface area contributed by atoms with Crippen LogP contribution in [0, 0.1) is 17.6 Å². The van der Waals surface area contributed by atoms with Gasteiger partial charge in [0.15, 0.2) is 5.82 Å². The van der Waals surface area contributed by atoms with Gasteiger partial charge < -0.3 is 5.32 Å². The summed E-state index contributed by atoms with van der Waals surface area (Å²) in [5.74, 6) is -0.00827. The van der Waals surface area contributed by atoms with Gasteiger partial charge >= 0.3 is 0 Å². The number of halogens is 2. The molecule has 2 aromatic rings. The number of rotatable bonds is 6. The molecule has 0 amide bonds. The first-order valence-electron chi connectivity index (χ1n) is 7.29. The highest BCUT2D eigenvalue weighted by molar-refractivity contribution is 5.47. The van der Waals surface area contributed by atoms with E-state index in [4.69, 9.17) is 0 Å². The summed E-state index contributed by atoms with van der Waals surface area (Å²) in [6.07, 6.45) is 1.77. The monoisotopic (exact) mass is 293 g/mol. The van der Waals surface area contributed by atoms with Crippen molar-refractivity contribution in [1.29, 1.82) is 0 Å². The summed E-state index contributed by atoms with van der Waals surface area (Å²) in [6, 6.07) is 5.46. The Hall–Kier alpha value is -1.91. The van der Waals surface area contributed by atoms with Crippen LogP contribution in [0.2, 0.25) is 0 Å². The molecule has 0 bridgehead atoms. The number of benzene rings is 1. The van der Waals surface area contributed by atoms with E-state index in [2.05, 4.69) is 31.2 Å². The number of nitrogens with zero attached hydrogens (tertiary/aromatic N) is 2. The number of anilines is 1. The highest BCUT2D eigenvalue weighted by Crippen LogP contribution is 2.22. The molecule has 0 aliphatic rings. The van der Waals surface area contributed by atoms with E-state index in [9.17, 15) is 8.78 Å². The van der Waals surface area contributed by atoms with Crippen LogP contribution in [0.15, 0.2) is 24.3 Å². The third-order valence-corrected chi connectivity index (χ3v) is 3.07. The van der Waals surface area contributed by atoms with Crippen LogP contribution in [0.1, 0.15) is 32.9 Å². The van der Waals surface area contributed by atoms with Crippen molar-refractivity contribution in [3.05, 3.63) is 41.6 Å². The molecule has 0 saturated carbocycles. The summed E-state index contributed by atoms with van der Waals surface area (Å²) >= 11 is 0. The van der Waals surface area contributed by atoms with E-state index in [1.165, 1.54) is 16.8 Å². The lowest BCUT2D eigenvalue weighted by Gasteiger charge is -2.09. The average Bonchev–Trinajstić information content (AvgIpc) is 2.78. The fourth-order valence-corrected chi connectivity index (χ4v) is 2.16.